The van der Waals surface area contributed by atoms with Crippen LogP contribution in [-0.2, 0) is 16.0 Å². The van der Waals surface area contributed by atoms with Gasteiger partial charge in [-0.05, 0) is 82.7 Å². The summed E-state index contributed by atoms with van der Waals surface area (Å²) in [5, 5.41) is 9.87. The first kappa shape index (κ1) is 27.4. The maximum atomic E-state index is 12.9. The first-order chi connectivity index (χ1) is 19.0. The predicted octanol–water partition coefficient (Wildman–Crippen LogP) is 3.91. The van der Waals surface area contributed by atoms with Gasteiger partial charge in [-0.3, -0.25) is 9.59 Å². The molecule has 39 heavy (non-hydrogen) atoms. The summed E-state index contributed by atoms with van der Waals surface area (Å²) in [5.74, 6) is 2.54. The highest BCUT2D eigenvalue weighted by atomic mass is 16.2. The molecule has 2 heterocycles. The highest BCUT2D eigenvalue weighted by molar-refractivity contribution is 5.79. The molecule has 2 aliphatic carbocycles. The van der Waals surface area contributed by atoms with E-state index >= 15 is 0 Å². The highest BCUT2D eigenvalue weighted by Crippen LogP contribution is 2.42. The first-order valence-corrected chi connectivity index (χ1v) is 14.6. The molecule has 9 heteroatoms. The van der Waals surface area contributed by atoms with Crippen LogP contribution in [0, 0.1) is 5.92 Å². The van der Waals surface area contributed by atoms with Gasteiger partial charge in [0.2, 0.25) is 17.8 Å². The van der Waals surface area contributed by atoms with Gasteiger partial charge in [-0.25, -0.2) is 4.98 Å². The zero-order valence-electron chi connectivity index (χ0n) is 23.4. The Morgan fingerprint density at radius 2 is 1.85 bits per heavy atom. The monoisotopic (exact) mass is 533 g/mol. The molecule has 9 nitrogen and oxygen atoms in total. The Hall–Kier alpha value is -3.20. The number of piperidine rings is 1. The first-order valence-electron chi connectivity index (χ1n) is 14.6. The van der Waals surface area contributed by atoms with Gasteiger partial charge >= 0.3 is 0 Å². The molecular formula is C30H43N7O2. The van der Waals surface area contributed by atoms with Crippen molar-refractivity contribution in [1.82, 2.24) is 25.1 Å². The summed E-state index contributed by atoms with van der Waals surface area (Å²) >= 11 is 0. The molecular weight excluding hydrogens is 490 g/mol. The quantitative estimate of drug-likeness (QED) is 0.356. The maximum Gasteiger partial charge on any atom is 0.229 e. The summed E-state index contributed by atoms with van der Waals surface area (Å²) in [6, 6.07) is 8.53. The number of amides is 2. The Bertz CT molecular complexity index is 1140. The molecule has 1 aromatic heterocycles. The van der Waals surface area contributed by atoms with Crippen LogP contribution in [0.1, 0.15) is 68.4 Å². The summed E-state index contributed by atoms with van der Waals surface area (Å²) in [6.45, 7) is 3.06. The van der Waals surface area contributed by atoms with Crippen molar-refractivity contribution in [2.24, 2.45) is 5.92 Å². The van der Waals surface area contributed by atoms with E-state index in [0.717, 1.165) is 74.4 Å². The number of carbonyl (C=O) groups is 2. The molecule has 0 radical (unpaired) electrons. The van der Waals surface area contributed by atoms with Gasteiger partial charge in [0, 0.05) is 55.6 Å². The van der Waals surface area contributed by atoms with Gasteiger partial charge in [-0.15, -0.1) is 0 Å². The average molecular weight is 534 g/mol. The van der Waals surface area contributed by atoms with Gasteiger partial charge in [-0.2, -0.15) is 4.98 Å². The molecule has 1 saturated heterocycles. The summed E-state index contributed by atoms with van der Waals surface area (Å²) in [6.07, 6.45) is 10.8. The molecule has 0 spiro atoms. The number of benzene rings is 1. The largest absolute Gasteiger partial charge is 0.370 e. The third-order valence-corrected chi connectivity index (χ3v) is 8.34. The lowest BCUT2D eigenvalue weighted by Gasteiger charge is -2.35. The van der Waals surface area contributed by atoms with Crippen LogP contribution in [0.2, 0.25) is 0 Å². The van der Waals surface area contributed by atoms with Gasteiger partial charge in [0.05, 0.1) is 6.42 Å². The predicted molar refractivity (Wildman–Crippen MR) is 154 cm³/mol. The lowest BCUT2D eigenvalue weighted by molar-refractivity contribution is -0.132. The Labute approximate surface area is 232 Å². The van der Waals surface area contributed by atoms with Gasteiger partial charge in [-0.1, -0.05) is 18.6 Å². The van der Waals surface area contributed by atoms with E-state index in [-0.39, 0.29) is 17.7 Å². The van der Waals surface area contributed by atoms with Crippen molar-refractivity contribution < 1.29 is 9.59 Å². The van der Waals surface area contributed by atoms with Crippen LogP contribution in [0.3, 0.4) is 0 Å². The molecule has 210 valence electrons. The van der Waals surface area contributed by atoms with Crippen molar-refractivity contribution in [1.29, 1.82) is 0 Å². The van der Waals surface area contributed by atoms with Gasteiger partial charge in [0.1, 0.15) is 5.82 Å². The minimum atomic E-state index is 0.185. The Kier molecular flexibility index (Phi) is 8.96. The second-order valence-corrected chi connectivity index (χ2v) is 11.5. The van der Waals surface area contributed by atoms with Crippen LogP contribution < -0.4 is 16.0 Å². The van der Waals surface area contributed by atoms with E-state index in [2.05, 4.69) is 39.9 Å². The number of hydrogen-bond donors (Lipinski definition) is 3. The van der Waals surface area contributed by atoms with Crippen molar-refractivity contribution in [3.8, 4) is 0 Å². The molecule has 5 rings (SSSR count). The van der Waals surface area contributed by atoms with E-state index < -0.39 is 0 Å². The molecule has 2 aromatic rings. The highest BCUT2D eigenvalue weighted by Gasteiger charge is 2.28. The fraction of sp³-hybridized carbons (Fsp3) is 0.600. The molecule has 0 unspecified atom stereocenters. The van der Waals surface area contributed by atoms with Crippen LogP contribution in [-0.4, -0.2) is 77.9 Å². The van der Waals surface area contributed by atoms with Crippen LogP contribution in [0.15, 0.2) is 30.5 Å². The number of anilines is 3. The number of likely N-dealkylation sites (tertiary alicyclic amines) is 1. The van der Waals surface area contributed by atoms with Crippen LogP contribution in [0.4, 0.5) is 17.5 Å². The van der Waals surface area contributed by atoms with Crippen molar-refractivity contribution in [3.63, 3.8) is 0 Å². The van der Waals surface area contributed by atoms with Crippen molar-refractivity contribution in [2.45, 2.75) is 69.7 Å². The molecule has 3 fully saturated rings. The van der Waals surface area contributed by atoms with Crippen LogP contribution in [0.5, 0.6) is 0 Å². The van der Waals surface area contributed by atoms with Gasteiger partial charge in [0.25, 0.3) is 0 Å². The van der Waals surface area contributed by atoms with Crippen molar-refractivity contribution >= 4 is 29.3 Å². The molecule has 0 bridgehead atoms. The molecule has 2 saturated carbocycles. The fourth-order valence-electron chi connectivity index (χ4n) is 5.41. The van der Waals surface area contributed by atoms with Gasteiger partial charge in [0.15, 0.2) is 0 Å². The summed E-state index contributed by atoms with van der Waals surface area (Å²) in [5.41, 5.74) is 3.02. The minimum absolute atomic E-state index is 0.185. The van der Waals surface area contributed by atoms with Crippen LogP contribution in [0.25, 0.3) is 0 Å². The molecule has 1 aliphatic heterocycles. The second-order valence-electron chi connectivity index (χ2n) is 11.5. The number of hydrogen-bond acceptors (Lipinski definition) is 7. The molecule has 1 aromatic carbocycles. The van der Waals surface area contributed by atoms with E-state index in [1.165, 1.54) is 19.3 Å². The standard InChI is InChI=1S/C30H43N7O2/c1-36(2)25-12-16-37(17-13-25)27(38)19-21-6-3-9-24(18-21)34-30-33-20-26(22-10-11-22)28(35-30)31-14-5-15-32-29(39)23-7-4-8-23/h3,6,9,18,20,22-23,25H,4-5,7-8,10-17,19H2,1-2H3,(H,32,39)(H2,31,33,34,35). The van der Waals surface area contributed by atoms with Crippen LogP contribution >= 0.6 is 0 Å². The van der Waals surface area contributed by atoms with E-state index in [1.54, 1.807) is 0 Å². The lowest BCUT2D eigenvalue weighted by atomic mass is 9.85. The molecule has 2 amide bonds. The number of aromatic nitrogens is 2. The Morgan fingerprint density at radius 1 is 1.05 bits per heavy atom. The Morgan fingerprint density at radius 3 is 2.54 bits per heavy atom. The topological polar surface area (TPSA) is 102 Å². The molecule has 0 atom stereocenters. The number of nitrogens with one attached hydrogen (secondary N) is 3. The van der Waals surface area contributed by atoms with E-state index in [0.29, 0.717) is 30.9 Å². The lowest BCUT2D eigenvalue weighted by Crippen LogP contribution is -2.44. The third kappa shape index (κ3) is 7.47. The normalized spacial score (nSPS) is 18.1. The van der Waals surface area contributed by atoms with E-state index in [9.17, 15) is 9.59 Å². The maximum absolute atomic E-state index is 12.9. The molecule has 3 N–H and O–H groups in total. The van der Waals surface area contributed by atoms with Crippen molar-refractivity contribution in [2.75, 3.05) is 50.9 Å². The van der Waals surface area contributed by atoms with Gasteiger partial charge < -0.3 is 25.8 Å². The zero-order chi connectivity index (χ0) is 27.2. The Balaban J connectivity index is 1.14. The van der Waals surface area contributed by atoms with Crippen molar-refractivity contribution in [3.05, 3.63) is 41.6 Å². The smallest absolute Gasteiger partial charge is 0.229 e. The van der Waals surface area contributed by atoms with E-state index in [1.807, 2.05) is 35.4 Å². The summed E-state index contributed by atoms with van der Waals surface area (Å²) in [4.78, 5) is 38.6. The summed E-state index contributed by atoms with van der Waals surface area (Å²) in [7, 11) is 4.22. The number of rotatable bonds is 12. The van der Waals surface area contributed by atoms with E-state index in [4.69, 9.17) is 4.98 Å². The third-order valence-electron chi connectivity index (χ3n) is 8.34. The number of nitrogens with zero attached hydrogens (tertiary/aromatic N) is 4. The fourth-order valence-corrected chi connectivity index (χ4v) is 5.41. The average Bonchev–Trinajstić information content (AvgIpc) is 3.73. The summed E-state index contributed by atoms with van der Waals surface area (Å²) < 4.78 is 0. The minimum Gasteiger partial charge on any atom is -0.370 e. The number of carbonyl (C=O) groups excluding carboxylic acids is 2. The SMILES string of the molecule is CN(C)C1CCN(C(=O)Cc2cccc(Nc3ncc(C4CC4)c(NCCCNC(=O)C4CCC4)n3)c2)CC1. The zero-order valence-corrected chi connectivity index (χ0v) is 23.4. The molecule has 3 aliphatic rings. The second kappa shape index (κ2) is 12.8.